The van der Waals surface area contributed by atoms with Crippen molar-refractivity contribution in [3.05, 3.63) is 41.0 Å². The van der Waals surface area contributed by atoms with Crippen molar-refractivity contribution < 1.29 is 5.11 Å². The molecule has 1 aromatic rings. The van der Waals surface area contributed by atoms with Gasteiger partial charge < -0.3 is 5.11 Å². The van der Waals surface area contributed by atoms with E-state index in [1.807, 2.05) is 13.0 Å². The first-order valence-electron chi connectivity index (χ1n) is 6.67. The van der Waals surface area contributed by atoms with Gasteiger partial charge in [-0.3, -0.25) is 0 Å². The van der Waals surface area contributed by atoms with E-state index >= 15 is 0 Å². The molecular formula is C16H22O. The highest BCUT2D eigenvalue weighted by Crippen LogP contribution is 2.32. The molecule has 1 nitrogen and oxygen atoms in total. The molecule has 1 aliphatic carbocycles. The molecule has 1 aliphatic rings. The second-order valence-electron chi connectivity index (χ2n) is 5.15. The Hall–Kier alpha value is -1.08. The van der Waals surface area contributed by atoms with Crippen molar-refractivity contribution in [2.24, 2.45) is 0 Å². The zero-order chi connectivity index (χ0) is 12.1. The van der Waals surface area contributed by atoms with E-state index in [0.717, 1.165) is 11.5 Å². The molecule has 0 saturated heterocycles. The minimum atomic E-state index is 0.143. The number of aliphatic hydroxyl groups excluding tert-OH is 1. The zero-order valence-electron chi connectivity index (χ0n) is 10.7. The fourth-order valence-corrected chi connectivity index (χ4v) is 2.63. The first kappa shape index (κ1) is 12.4. The number of hydrogen-bond donors (Lipinski definition) is 1. The van der Waals surface area contributed by atoms with Crippen LogP contribution < -0.4 is 0 Å². The van der Waals surface area contributed by atoms with Gasteiger partial charge >= 0.3 is 0 Å². The fourth-order valence-electron chi connectivity index (χ4n) is 2.63. The molecule has 0 unspecified atom stereocenters. The number of rotatable bonds is 3. The lowest BCUT2D eigenvalue weighted by atomic mass is 9.84. The van der Waals surface area contributed by atoms with Gasteiger partial charge in [0.15, 0.2) is 0 Å². The van der Waals surface area contributed by atoms with Crippen LogP contribution in [0.3, 0.4) is 0 Å². The third-order valence-corrected chi connectivity index (χ3v) is 3.68. The minimum Gasteiger partial charge on any atom is -0.392 e. The summed E-state index contributed by atoms with van der Waals surface area (Å²) in [4.78, 5) is 0. The van der Waals surface area contributed by atoms with Gasteiger partial charge in [-0.25, -0.2) is 0 Å². The summed E-state index contributed by atoms with van der Waals surface area (Å²) in [5, 5.41) is 8.99. The van der Waals surface area contributed by atoms with Crippen molar-refractivity contribution in [1.29, 1.82) is 0 Å². The van der Waals surface area contributed by atoms with Gasteiger partial charge in [0.1, 0.15) is 0 Å². The lowest BCUT2D eigenvalue weighted by Gasteiger charge is -2.21. The van der Waals surface area contributed by atoms with Gasteiger partial charge in [0.25, 0.3) is 0 Å². The first-order valence-corrected chi connectivity index (χ1v) is 6.67. The smallest absolute Gasteiger partial charge is 0.0642 e. The van der Waals surface area contributed by atoms with Gasteiger partial charge in [-0.15, -0.1) is 0 Å². The van der Waals surface area contributed by atoms with Crippen LogP contribution in [0.5, 0.6) is 0 Å². The van der Waals surface area contributed by atoms with Crippen molar-refractivity contribution in [1.82, 2.24) is 0 Å². The van der Waals surface area contributed by atoms with E-state index in [0.29, 0.717) is 0 Å². The Balaban J connectivity index is 2.07. The Bertz CT molecular complexity index is 369. The van der Waals surface area contributed by atoms with Crippen LogP contribution >= 0.6 is 0 Å². The van der Waals surface area contributed by atoms with E-state index < -0.39 is 0 Å². The molecule has 0 aromatic heterocycles. The predicted octanol–water partition coefficient (Wildman–Crippen LogP) is 4.13. The predicted molar refractivity (Wildman–Crippen MR) is 73.0 cm³/mol. The quantitative estimate of drug-likeness (QED) is 0.827. The highest BCUT2D eigenvalue weighted by molar-refractivity contribution is 5.53. The van der Waals surface area contributed by atoms with Crippen LogP contribution in [0.1, 0.15) is 56.1 Å². The summed E-state index contributed by atoms with van der Waals surface area (Å²) in [6, 6.07) is 8.85. The normalized spacial score (nSPS) is 18.4. The Morgan fingerprint density at radius 1 is 1.18 bits per heavy atom. The molecule has 2 rings (SSSR count). The summed E-state index contributed by atoms with van der Waals surface area (Å²) >= 11 is 0. The van der Waals surface area contributed by atoms with Crippen molar-refractivity contribution in [3.63, 3.8) is 0 Å². The molecule has 1 N–H and O–H groups in total. The van der Waals surface area contributed by atoms with Crippen LogP contribution in [-0.4, -0.2) is 11.7 Å². The summed E-state index contributed by atoms with van der Waals surface area (Å²) in [7, 11) is 0. The van der Waals surface area contributed by atoms with Crippen LogP contribution in [0.2, 0.25) is 0 Å². The Morgan fingerprint density at radius 2 is 1.82 bits per heavy atom. The molecule has 0 spiro atoms. The van der Waals surface area contributed by atoms with Crippen molar-refractivity contribution >= 4 is 6.08 Å². The zero-order valence-corrected chi connectivity index (χ0v) is 10.7. The SMILES string of the molecule is C/C(=C\c1ccc(C2CCCCC2)cc1)CO. The monoisotopic (exact) mass is 230 g/mol. The highest BCUT2D eigenvalue weighted by atomic mass is 16.3. The number of hydrogen-bond acceptors (Lipinski definition) is 1. The maximum absolute atomic E-state index is 8.99. The van der Waals surface area contributed by atoms with Gasteiger partial charge in [0.05, 0.1) is 6.61 Å². The molecule has 1 fully saturated rings. The van der Waals surface area contributed by atoms with Crippen LogP contribution in [0.15, 0.2) is 29.8 Å². The summed E-state index contributed by atoms with van der Waals surface area (Å²) in [6.07, 6.45) is 8.93. The van der Waals surface area contributed by atoms with E-state index in [1.165, 1.54) is 43.2 Å². The number of benzene rings is 1. The Labute approximate surface area is 104 Å². The maximum Gasteiger partial charge on any atom is 0.0642 e. The third-order valence-electron chi connectivity index (χ3n) is 3.68. The van der Waals surface area contributed by atoms with E-state index in [9.17, 15) is 0 Å². The molecule has 0 heterocycles. The highest BCUT2D eigenvalue weighted by Gasteiger charge is 2.14. The summed E-state index contributed by atoms with van der Waals surface area (Å²) in [5.74, 6) is 0.778. The maximum atomic E-state index is 8.99. The summed E-state index contributed by atoms with van der Waals surface area (Å²) in [5.41, 5.74) is 3.69. The van der Waals surface area contributed by atoms with Crippen molar-refractivity contribution in [2.45, 2.75) is 44.9 Å². The van der Waals surface area contributed by atoms with Gasteiger partial charge in [-0.1, -0.05) is 49.6 Å². The molecule has 0 atom stereocenters. The Kier molecular flexibility index (Phi) is 4.38. The van der Waals surface area contributed by atoms with Crippen LogP contribution in [0, 0.1) is 0 Å². The molecule has 92 valence electrons. The largest absolute Gasteiger partial charge is 0.392 e. The van der Waals surface area contributed by atoms with E-state index in [1.54, 1.807) is 0 Å². The summed E-state index contributed by atoms with van der Waals surface area (Å²) in [6.45, 7) is 2.10. The lowest BCUT2D eigenvalue weighted by molar-refractivity contribution is 0.332. The van der Waals surface area contributed by atoms with E-state index in [4.69, 9.17) is 5.11 Å². The summed E-state index contributed by atoms with van der Waals surface area (Å²) < 4.78 is 0. The topological polar surface area (TPSA) is 20.2 Å². The standard InChI is InChI=1S/C16H22O/c1-13(12-17)11-14-7-9-16(10-8-14)15-5-3-2-4-6-15/h7-11,15,17H,2-6,12H2,1H3/b13-11+. The average molecular weight is 230 g/mol. The molecule has 1 aromatic carbocycles. The third kappa shape index (κ3) is 3.44. The van der Waals surface area contributed by atoms with Gasteiger partial charge in [0.2, 0.25) is 0 Å². The van der Waals surface area contributed by atoms with Crippen molar-refractivity contribution in [2.75, 3.05) is 6.61 Å². The van der Waals surface area contributed by atoms with Gasteiger partial charge in [0, 0.05) is 0 Å². The van der Waals surface area contributed by atoms with Crippen molar-refractivity contribution in [3.8, 4) is 0 Å². The van der Waals surface area contributed by atoms with E-state index in [2.05, 4.69) is 24.3 Å². The number of aliphatic hydroxyl groups is 1. The van der Waals surface area contributed by atoms with Gasteiger partial charge in [-0.2, -0.15) is 0 Å². The van der Waals surface area contributed by atoms with Crippen LogP contribution in [0.25, 0.3) is 6.08 Å². The Morgan fingerprint density at radius 3 is 2.41 bits per heavy atom. The minimum absolute atomic E-state index is 0.143. The lowest BCUT2D eigenvalue weighted by Crippen LogP contribution is -2.04. The fraction of sp³-hybridized carbons (Fsp3) is 0.500. The molecule has 1 heteroatoms. The molecule has 0 amide bonds. The molecular weight excluding hydrogens is 208 g/mol. The van der Waals surface area contributed by atoms with Crippen LogP contribution in [-0.2, 0) is 0 Å². The molecule has 0 radical (unpaired) electrons. The van der Waals surface area contributed by atoms with E-state index in [-0.39, 0.29) is 6.61 Å². The first-order chi connectivity index (χ1) is 8.29. The second kappa shape index (κ2) is 6.02. The molecule has 1 saturated carbocycles. The second-order valence-corrected chi connectivity index (χ2v) is 5.15. The average Bonchev–Trinajstić information content (AvgIpc) is 2.40. The molecule has 0 bridgehead atoms. The molecule has 0 aliphatic heterocycles. The molecule has 17 heavy (non-hydrogen) atoms. The van der Waals surface area contributed by atoms with Gasteiger partial charge in [-0.05, 0) is 42.4 Å². The van der Waals surface area contributed by atoms with Crippen LogP contribution in [0.4, 0.5) is 0 Å².